The van der Waals surface area contributed by atoms with Gasteiger partial charge >= 0.3 is 6.85 Å². The van der Waals surface area contributed by atoms with Crippen LogP contribution in [0.4, 0.5) is 28.4 Å². The summed E-state index contributed by atoms with van der Waals surface area (Å²) < 4.78 is 6.56. The van der Waals surface area contributed by atoms with E-state index in [4.69, 9.17) is 4.42 Å². The molecular weight excluding hydrogens is 607 g/mol. The van der Waals surface area contributed by atoms with E-state index in [1.807, 2.05) is 6.07 Å². The fourth-order valence-electron chi connectivity index (χ4n) is 8.54. The molecule has 0 bridgehead atoms. The lowest BCUT2D eigenvalue weighted by Gasteiger charge is -2.46. The highest BCUT2D eigenvalue weighted by atomic mass is 16.3. The Balaban J connectivity index is 1.24. The molecule has 232 valence electrons. The summed E-state index contributed by atoms with van der Waals surface area (Å²) in [5, 5.41) is 4.73. The number of fused-ring (bicyclic) bond motifs is 8. The summed E-state index contributed by atoms with van der Waals surface area (Å²) >= 11 is 0. The molecule has 3 heterocycles. The molecule has 0 N–H and O–H groups in total. The molecule has 0 fully saturated rings. The predicted octanol–water partition coefficient (Wildman–Crippen LogP) is 11.1. The first kappa shape index (κ1) is 27.4. The van der Waals surface area contributed by atoms with E-state index in [-0.39, 0.29) is 6.85 Å². The molecule has 0 aliphatic carbocycles. The molecule has 4 heteroatoms. The molecule has 0 radical (unpaired) electrons. The van der Waals surface area contributed by atoms with Crippen molar-refractivity contribution in [2.24, 2.45) is 0 Å². The Morgan fingerprint density at radius 3 is 1.98 bits per heavy atom. The van der Waals surface area contributed by atoms with Gasteiger partial charge in [0.2, 0.25) is 0 Å². The molecule has 50 heavy (non-hydrogen) atoms. The van der Waals surface area contributed by atoms with Crippen LogP contribution in [0.25, 0.3) is 55.0 Å². The maximum Gasteiger partial charge on any atom is 0.333 e. The highest BCUT2D eigenvalue weighted by Gasteiger charge is 2.45. The van der Waals surface area contributed by atoms with E-state index in [1.165, 1.54) is 61.1 Å². The molecule has 0 saturated heterocycles. The maximum atomic E-state index is 6.56. The Kier molecular flexibility index (Phi) is 5.76. The van der Waals surface area contributed by atoms with Crippen LogP contribution in [0.2, 0.25) is 0 Å². The highest BCUT2D eigenvalue weighted by Crippen LogP contribution is 2.49. The van der Waals surface area contributed by atoms with E-state index < -0.39 is 0 Å². The van der Waals surface area contributed by atoms with Gasteiger partial charge in [-0.1, -0.05) is 133 Å². The Morgan fingerprint density at radius 2 is 1.06 bits per heavy atom. The molecule has 1 aromatic heterocycles. The first-order valence-electron chi connectivity index (χ1n) is 17.2. The van der Waals surface area contributed by atoms with Crippen molar-refractivity contribution in [1.82, 2.24) is 0 Å². The summed E-state index contributed by atoms with van der Waals surface area (Å²) in [4.78, 5) is 5.06. The van der Waals surface area contributed by atoms with Gasteiger partial charge in [0.25, 0.3) is 0 Å². The van der Waals surface area contributed by atoms with Crippen LogP contribution >= 0.6 is 0 Å². The number of hydrogen-bond acceptors (Lipinski definition) is 3. The van der Waals surface area contributed by atoms with Gasteiger partial charge in [-0.15, -0.1) is 0 Å². The van der Waals surface area contributed by atoms with E-state index in [0.29, 0.717) is 0 Å². The van der Waals surface area contributed by atoms with Crippen molar-refractivity contribution >= 4 is 78.9 Å². The summed E-state index contributed by atoms with van der Waals surface area (Å²) in [5.74, 6) is 0. The van der Waals surface area contributed by atoms with Crippen LogP contribution in [-0.4, -0.2) is 6.85 Å². The number of para-hydroxylation sites is 3. The SMILES string of the molecule is c1ccc(-c2cc3c(cc2N2c4ccccc4B4c5c(cccc52)-c2ccccc2N4c2cccc4ccccc24)oc2ccccc23)cc1. The standard InChI is InChI=1S/C46H29BN2O/c1-2-14-31(15-3-1)36-28-37-34-20-7-11-27-44(34)50-45(37)29-43(36)48-41-24-10-8-22-38(41)47-46-35(21-13-26-42(46)48)33-19-6-9-23-40(33)49(47)39-25-12-17-30-16-4-5-18-32(30)39/h1-29H. The topological polar surface area (TPSA) is 19.6 Å². The van der Waals surface area contributed by atoms with Crippen molar-refractivity contribution in [3.63, 3.8) is 0 Å². The fourth-order valence-corrected chi connectivity index (χ4v) is 8.54. The third-order valence-electron chi connectivity index (χ3n) is 10.6. The van der Waals surface area contributed by atoms with Gasteiger partial charge in [0.05, 0.1) is 5.69 Å². The zero-order valence-electron chi connectivity index (χ0n) is 27.1. The molecule has 8 aromatic carbocycles. The van der Waals surface area contributed by atoms with Gasteiger partial charge in [-0.3, -0.25) is 0 Å². The minimum Gasteiger partial charge on any atom is -0.456 e. The zero-order valence-corrected chi connectivity index (χ0v) is 27.1. The first-order valence-corrected chi connectivity index (χ1v) is 17.2. The first-order chi connectivity index (χ1) is 24.8. The van der Waals surface area contributed by atoms with E-state index in [9.17, 15) is 0 Å². The number of furan rings is 1. The second-order valence-electron chi connectivity index (χ2n) is 13.3. The van der Waals surface area contributed by atoms with Gasteiger partial charge in [-0.2, -0.15) is 0 Å². The maximum absolute atomic E-state index is 6.56. The molecule has 3 nitrogen and oxygen atoms in total. The lowest BCUT2D eigenvalue weighted by molar-refractivity contribution is 0.669. The predicted molar refractivity (Wildman–Crippen MR) is 210 cm³/mol. The molecule has 9 aromatic rings. The van der Waals surface area contributed by atoms with Gasteiger partial charge in [0.15, 0.2) is 0 Å². The smallest absolute Gasteiger partial charge is 0.333 e. The molecule has 2 aliphatic rings. The Labute approximate surface area is 290 Å². The summed E-state index contributed by atoms with van der Waals surface area (Å²) in [6, 6.07) is 63.8. The second kappa shape index (κ2) is 10.5. The van der Waals surface area contributed by atoms with Crippen molar-refractivity contribution in [2.75, 3.05) is 9.71 Å². The highest BCUT2D eigenvalue weighted by molar-refractivity contribution is 6.93. The normalized spacial score (nSPS) is 13.1. The number of rotatable bonds is 3. The molecule has 0 spiro atoms. The average molecular weight is 637 g/mol. The van der Waals surface area contributed by atoms with E-state index >= 15 is 0 Å². The van der Waals surface area contributed by atoms with Gasteiger partial charge in [-0.25, -0.2) is 0 Å². The van der Waals surface area contributed by atoms with Crippen LogP contribution in [0, 0.1) is 0 Å². The van der Waals surface area contributed by atoms with Crippen molar-refractivity contribution in [2.45, 2.75) is 0 Å². The van der Waals surface area contributed by atoms with Crippen LogP contribution in [-0.2, 0) is 0 Å². The van der Waals surface area contributed by atoms with Crippen LogP contribution in [0.5, 0.6) is 0 Å². The lowest BCUT2D eigenvalue weighted by Crippen LogP contribution is -2.61. The second-order valence-corrected chi connectivity index (χ2v) is 13.3. The van der Waals surface area contributed by atoms with Crippen molar-refractivity contribution in [1.29, 1.82) is 0 Å². The Bertz CT molecular complexity index is 2800. The Morgan fingerprint density at radius 1 is 0.400 bits per heavy atom. The molecule has 0 amide bonds. The van der Waals surface area contributed by atoms with Crippen molar-refractivity contribution in [3.8, 4) is 22.3 Å². The summed E-state index contributed by atoms with van der Waals surface area (Å²) in [5.41, 5.74) is 15.1. The summed E-state index contributed by atoms with van der Waals surface area (Å²) in [6.45, 7) is -0.0375. The Hall–Kier alpha value is -6.52. The van der Waals surface area contributed by atoms with E-state index in [1.54, 1.807) is 0 Å². The molecule has 0 saturated carbocycles. The largest absolute Gasteiger partial charge is 0.456 e. The number of hydrogen-bond donors (Lipinski definition) is 0. The van der Waals surface area contributed by atoms with Gasteiger partial charge in [0, 0.05) is 56.1 Å². The quantitative estimate of drug-likeness (QED) is 0.180. The fraction of sp³-hybridized carbons (Fsp3) is 0. The minimum atomic E-state index is -0.0375. The van der Waals surface area contributed by atoms with Gasteiger partial charge in [0.1, 0.15) is 11.2 Å². The number of anilines is 5. The number of benzene rings is 8. The van der Waals surface area contributed by atoms with Crippen LogP contribution in [0.15, 0.2) is 180 Å². The summed E-state index contributed by atoms with van der Waals surface area (Å²) in [6.07, 6.45) is 0. The number of nitrogens with zero attached hydrogens (tertiary/aromatic N) is 2. The molecule has 0 unspecified atom stereocenters. The third kappa shape index (κ3) is 3.82. The summed E-state index contributed by atoms with van der Waals surface area (Å²) in [7, 11) is 0. The van der Waals surface area contributed by atoms with Gasteiger partial charge < -0.3 is 14.1 Å². The van der Waals surface area contributed by atoms with Crippen LogP contribution in [0.1, 0.15) is 0 Å². The van der Waals surface area contributed by atoms with Crippen LogP contribution in [0.3, 0.4) is 0 Å². The molecule has 2 aliphatic heterocycles. The molecule has 11 rings (SSSR count). The van der Waals surface area contributed by atoms with Crippen molar-refractivity contribution in [3.05, 3.63) is 176 Å². The van der Waals surface area contributed by atoms with Crippen LogP contribution < -0.4 is 20.6 Å². The van der Waals surface area contributed by atoms with E-state index in [0.717, 1.165) is 33.2 Å². The average Bonchev–Trinajstić information content (AvgIpc) is 3.55. The van der Waals surface area contributed by atoms with E-state index in [2.05, 4.69) is 180 Å². The minimum absolute atomic E-state index is 0.0375. The third-order valence-corrected chi connectivity index (χ3v) is 10.6. The molecule has 0 atom stereocenters. The molecular formula is C46H29BN2O. The van der Waals surface area contributed by atoms with Gasteiger partial charge in [-0.05, 0) is 63.8 Å². The van der Waals surface area contributed by atoms with Crippen molar-refractivity contribution < 1.29 is 4.42 Å². The zero-order chi connectivity index (χ0) is 32.8. The monoisotopic (exact) mass is 636 g/mol. The lowest BCUT2D eigenvalue weighted by atomic mass is 9.43.